The van der Waals surface area contributed by atoms with Crippen LogP contribution in [0.1, 0.15) is 18.7 Å². The van der Waals surface area contributed by atoms with E-state index in [9.17, 15) is 18.0 Å². The number of halogens is 3. The molecule has 1 N–H and O–H groups in total. The largest absolute Gasteiger partial charge is 0.453 e. The predicted molar refractivity (Wildman–Crippen MR) is 113 cm³/mol. The maximum atomic E-state index is 13.1. The Hall–Kier alpha value is -3.96. The van der Waals surface area contributed by atoms with E-state index >= 15 is 0 Å². The Morgan fingerprint density at radius 3 is 2.64 bits per heavy atom. The summed E-state index contributed by atoms with van der Waals surface area (Å²) in [5, 5.41) is 13.8. The Kier molecular flexibility index (Phi) is 5.19. The number of carbonyl (C=O) groups excluding carboxylic acids is 1. The predicted octanol–water partition coefficient (Wildman–Crippen LogP) is 3.18. The average molecular weight is 456 g/mol. The van der Waals surface area contributed by atoms with Gasteiger partial charge in [-0.3, -0.25) is 4.79 Å². The molecule has 33 heavy (non-hydrogen) atoms. The van der Waals surface area contributed by atoms with Gasteiger partial charge in [-0.15, -0.1) is 15.3 Å². The van der Waals surface area contributed by atoms with Gasteiger partial charge in [0.2, 0.25) is 5.91 Å². The van der Waals surface area contributed by atoms with Gasteiger partial charge in [-0.05, 0) is 43.2 Å². The van der Waals surface area contributed by atoms with Gasteiger partial charge in [0.25, 0.3) is 5.82 Å². The number of nitrogens with zero attached hydrogens (tertiary/aromatic N) is 7. The molecule has 0 unspecified atom stereocenters. The van der Waals surface area contributed by atoms with Crippen LogP contribution >= 0.6 is 0 Å². The molecule has 3 aromatic heterocycles. The van der Waals surface area contributed by atoms with Crippen molar-refractivity contribution in [2.45, 2.75) is 19.0 Å². The molecule has 0 atom stereocenters. The summed E-state index contributed by atoms with van der Waals surface area (Å²) in [5.74, 6) is -1.06. The summed E-state index contributed by atoms with van der Waals surface area (Å²) in [6, 6.07) is 10.5. The number of alkyl halides is 3. The van der Waals surface area contributed by atoms with Crippen molar-refractivity contribution >= 4 is 23.1 Å². The summed E-state index contributed by atoms with van der Waals surface area (Å²) >= 11 is 0. The van der Waals surface area contributed by atoms with Crippen LogP contribution in [0.4, 0.5) is 24.7 Å². The summed E-state index contributed by atoms with van der Waals surface area (Å²) in [6.45, 7) is 0.990. The lowest BCUT2D eigenvalue weighted by atomic mass is 9.96. The SMILES string of the molecule is O=C(Nc1cccc(-n2ccnc2)c1)C1CCN(c2ccc3nnc(C(F)(F)F)n3n2)CC1. The van der Waals surface area contributed by atoms with Crippen molar-refractivity contribution in [3.8, 4) is 5.69 Å². The zero-order chi connectivity index (χ0) is 23.0. The number of piperidine rings is 1. The second-order valence-electron chi connectivity index (χ2n) is 7.75. The molecule has 1 saturated heterocycles. The van der Waals surface area contributed by atoms with Gasteiger partial charge in [0, 0.05) is 42.8 Å². The minimum absolute atomic E-state index is 0.0262. The van der Waals surface area contributed by atoms with E-state index in [4.69, 9.17) is 0 Å². The van der Waals surface area contributed by atoms with Crippen molar-refractivity contribution < 1.29 is 18.0 Å². The summed E-state index contributed by atoms with van der Waals surface area (Å²) < 4.78 is 41.9. The smallest absolute Gasteiger partial charge is 0.355 e. The number of imidazole rings is 1. The van der Waals surface area contributed by atoms with Crippen molar-refractivity contribution in [2.75, 3.05) is 23.3 Å². The molecule has 1 fully saturated rings. The van der Waals surface area contributed by atoms with Gasteiger partial charge in [0.15, 0.2) is 5.65 Å². The van der Waals surface area contributed by atoms with E-state index in [1.165, 1.54) is 6.07 Å². The molecule has 0 radical (unpaired) electrons. The van der Waals surface area contributed by atoms with E-state index in [1.54, 1.807) is 18.6 Å². The van der Waals surface area contributed by atoms with Crippen LogP contribution in [-0.4, -0.2) is 48.4 Å². The van der Waals surface area contributed by atoms with Crippen LogP contribution in [-0.2, 0) is 11.0 Å². The normalized spacial score (nSPS) is 15.2. The van der Waals surface area contributed by atoms with Gasteiger partial charge >= 0.3 is 6.18 Å². The first-order valence-corrected chi connectivity index (χ1v) is 10.3. The highest BCUT2D eigenvalue weighted by molar-refractivity contribution is 5.93. The monoisotopic (exact) mass is 456 g/mol. The third-order valence-corrected chi connectivity index (χ3v) is 5.61. The molecular formula is C21H19F3N8O. The van der Waals surface area contributed by atoms with Crippen molar-refractivity contribution in [2.24, 2.45) is 5.92 Å². The van der Waals surface area contributed by atoms with Crippen molar-refractivity contribution in [1.29, 1.82) is 0 Å². The molecule has 0 bridgehead atoms. The molecule has 4 heterocycles. The van der Waals surface area contributed by atoms with Gasteiger partial charge < -0.3 is 14.8 Å². The summed E-state index contributed by atoms with van der Waals surface area (Å²) in [7, 11) is 0. The molecule has 1 aliphatic heterocycles. The molecule has 9 nitrogen and oxygen atoms in total. The summed E-state index contributed by atoms with van der Waals surface area (Å²) in [5.41, 5.74) is 1.60. The Morgan fingerprint density at radius 2 is 1.91 bits per heavy atom. The zero-order valence-corrected chi connectivity index (χ0v) is 17.3. The topological polar surface area (TPSA) is 93.2 Å². The van der Waals surface area contributed by atoms with Crippen molar-refractivity contribution in [1.82, 2.24) is 29.4 Å². The van der Waals surface area contributed by atoms with E-state index in [0.29, 0.717) is 42.0 Å². The molecule has 5 rings (SSSR count). The van der Waals surface area contributed by atoms with E-state index in [0.717, 1.165) is 5.69 Å². The number of anilines is 2. The molecule has 1 amide bonds. The molecule has 0 aliphatic carbocycles. The average Bonchev–Trinajstić information content (AvgIpc) is 3.49. The fraction of sp³-hybridized carbons (Fsp3) is 0.286. The fourth-order valence-corrected chi connectivity index (χ4v) is 3.90. The number of rotatable bonds is 4. The molecule has 1 aromatic carbocycles. The maximum Gasteiger partial charge on any atom is 0.453 e. The third-order valence-electron chi connectivity index (χ3n) is 5.61. The lowest BCUT2D eigenvalue weighted by molar-refractivity contribution is -0.146. The number of fused-ring (bicyclic) bond motifs is 1. The molecule has 0 saturated carbocycles. The highest BCUT2D eigenvalue weighted by Gasteiger charge is 2.38. The highest BCUT2D eigenvalue weighted by Crippen LogP contribution is 2.29. The fourth-order valence-electron chi connectivity index (χ4n) is 3.90. The first kappa shape index (κ1) is 20.9. The minimum atomic E-state index is -4.65. The first-order chi connectivity index (χ1) is 15.9. The third kappa shape index (κ3) is 4.23. The number of hydrogen-bond donors (Lipinski definition) is 1. The van der Waals surface area contributed by atoms with Crippen molar-refractivity contribution in [3.05, 3.63) is 60.9 Å². The number of carbonyl (C=O) groups is 1. The van der Waals surface area contributed by atoms with Crippen LogP contribution in [0.25, 0.3) is 11.3 Å². The van der Waals surface area contributed by atoms with Crippen LogP contribution in [0.5, 0.6) is 0 Å². The van der Waals surface area contributed by atoms with E-state index in [-0.39, 0.29) is 17.5 Å². The number of hydrogen-bond acceptors (Lipinski definition) is 6. The number of aromatic nitrogens is 6. The van der Waals surface area contributed by atoms with Gasteiger partial charge in [0.05, 0.1) is 6.33 Å². The second kappa shape index (κ2) is 8.19. The van der Waals surface area contributed by atoms with Crippen LogP contribution in [0.15, 0.2) is 55.1 Å². The van der Waals surface area contributed by atoms with Gasteiger partial charge in [-0.1, -0.05) is 6.07 Å². The number of nitrogens with one attached hydrogen (secondary N) is 1. The second-order valence-corrected chi connectivity index (χ2v) is 7.75. The van der Waals surface area contributed by atoms with Gasteiger partial charge in [-0.25, -0.2) is 4.98 Å². The molecule has 0 spiro atoms. The van der Waals surface area contributed by atoms with E-state index in [1.807, 2.05) is 39.9 Å². The van der Waals surface area contributed by atoms with E-state index in [2.05, 4.69) is 25.6 Å². The van der Waals surface area contributed by atoms with Gasteiger partial charge in [0.1, 0.15) is 5.82 Å². The lowest BCUT2D eigenvalue weighted by Crippen LogP contribution is -2.38. The van der Waals surface area contributed by atoms with E-state index < -0.39 is 12.0 Å². The molecule has 170 valence electrons. The standard InChI is InChI=1S/C21H19F3N8O/c22-21(23,24)20-28-27-17-4-5-18(29-32(17)20)30-9-6-14(7-10-30)19(33)26-15-2-1-3-16(12-15)31-11-8-25-13-31/h1-5,8,11-14H,6-7,9-10H2,(H,26,33). The Bertz CT molecular complexity index is 1280. The molecule has 4 aromatic rings. The quantitative estimate of drug-likeness (QED) is 0.507. The lowest BCUT2D eigenvalue weighted by Gasteiger charge is -2.32. The minimum Gasteiger partial charge on any atom is -0.355 e. The van der Waals surface area contributed by atoms with Gasteiger partial charge in [-0.2, -0.15) is 17.7 Å². The van der Waals surface area contributed by atoms with Crippen LogP contribution < -0.4 is 10.2 Å². The molecule has 12 heteroatoms. The van der Waals surface area contributed by atoms with Crippen LogP contribution in [0, 0.1) is 5.92 Å². The Balaban J connectivity index is 1.24. The Morgan fingerprint density at radius 1 is 1.09 bits per heavy atom. The summed E-state index contributed by atoms with van der Waals surface area (Å²) in [6.07, 6.45) is 1.64. The highest BCUT2D eigenvalue weighted by atomic mass is 19.4. The molecule has 1 aliphatic rings. The zero-order valence-electron chi connectivity index (χ0n) is 17.3. The van der Waals surface area contributed by atoms with Crippen molar-refractivity contribution in [3.63, 3.8) is 0 Å². The first-order valence-electron chi connectivity index (χ1n) is 10.3. The number of benzene rings is 1. The van der Waals surface area contributed by atoms with Crippen LogP contribution in [0.3, 0.4) is 0 Å². The van der Waals surface area contributed by atoms with Crippen LogP contribution in [0.2, 0.25) is 0 Å². The number of amides is 1. The summed E-state index contributed by atoms with van der Waals surface area (Å²) in [4.78, 5) is 18.7. The Labute approximate surface area is 185 Å². The maximum absolute atomic E-state index is 13.1. The molecular weight excluding hydrogens is 437 g/mol.